The molecule has 1 aliphatic rings. The molecule has 0 aromatic heterocycles. The van der Waals surface area contributed by atoms with Crippen LogP contribution >= 0.6 is 0 Å². The minimum atomic E-state index is -3.20. The fourth-order valence-electron chi connectivity index (χ4n) is 3.24. The summed E-state index contributed by atoms with van der Waals surface area (Å²) in [4.78, 5) is 12.9. The number of allylic oxidation sites excluding steroid dienone is 2. The quantitative estimate of drug-likeness (QED) is 0.828. The summed E-state index contributed by atoms with van der Waals surface area (Å²) in [6, 6.07) is 6.52. The number of hydrogen-bond donors (Lipinski definition) is 1. The van der Waals surface area contributed by atoms with Gasteiger partial charge >= 0.3 is 0 Å². The van der Waals surface area contributed by atoms with Gasteiger partial charge in [-0.1, -0.05) is 37.6 Å². The molecule has 0 spiro atoms. The second kappa shape index (κ2) is 6.36. The summed E-state index contributed by atoms with van der Waals surface area (Å²) in [7, 11) is -3.20. The highest BCUT2D eigenvalue weighted by Crippen LogP contribution is 2.59. The molecule has 4 nitrogen and oxygen atoms in total. The van der Waals surface area contributed by atoms with Crippen LogP contribution in [0.15, 0.2) is 40.8 Å². The molecule has 1 aliphatic carbocycles. The smallest absolute Gasteiger partial charge is 0.224 e. The lowest BCUT2D eigenvalue weighted by atomic mass is 10.1. The number of amides is 1. The average molecular weight is 349 g/mol. The van der Waals surface area contributed by atoms with Gasteiger partial charge in [-0.05, 0) is 49.8 Å². The predicted molar refractivity (Wildman–Crippen MR) is 96.3 cm³/mol. The summed E-state index contributed by atoms with van der Waals surface area (Å²) >= 11 is 0. The van der Waals surface area contributed by atoms with Crippen molar-refractivity contribution < 1.29 is 13.2 Å². The van der Waals surface area contributed by atoms with Crippen LogP contribution in [0.4, 0.5) is 0 Å². The van der Waals surface area contributed by atoms with Crippen molar-refractivity contribution in [3.8, 4) is 0 Å². The number of hydrogen-bond acceptors (Lipinski definition) is 3. The van der Waals surface area contributed by atoms with Gasteiger partial charge in [-0.15, -0.1) is 0 Å². The highest BCUT2D eigenvalue weighted by Gasteiger charge is 2.60. The Bertz CT molecular complexity index is 756. The molecule has 1 N–H and O–H groups in total. The van der Waals surface area contributed by atoms with Crippen LogP contribution in [0.5, 0.6) is 0 Å². The van der Waals surface area contributed by atoms with Gasteiger partial charge in [-0.25, -0.2) is 8.42 Å². The van der Waals surface area contributed by atoms with Crippen LogP contribution in [-0.4, -0.2) is 20.6 Å². The lowest BCUT2D eigenvalue weighted by Gasteiger charge is -2.15. The SMILES string of the molecule is CC(C)=CC1C(C(=O)NC(C)c2ccc(S(C)(=O)=O)cc2)C1(C)C. The van der Waals surface area contributed by atoms with E-state index in [0.717, 1.165) is 5.56 Å². The largest absolute Gasteiger partial charge is 0.349 e. The average Bonchev–Trinajstić information content (AvgIpc) is 2.98. The molecule has 1 aromatic carbocycles. The van der Waals surface area contributed by atoms with Gasteiger partial charge in [0.2, 0.25) is 5.91 Å². The second-order valence-electron chi connectivity index (χ2n) is 7.64. The van der Waals surface area contributed by atoms with Crippen molar-refractivity contribution in [3.63, 3.8) is 0 Å². The first kappa shape index (κ1) is 18.7. The molecule has 24 heavy (non-hydrogen) atoms. The van der Waals surface area contributed by atoms with E-state index in [0.29, 0.717) is 0 Å². The lowest BCUT2D eigenvalue weighted by molar-refractivity contribution is -0.123. The number of benzene rings is 1. The van der Waals surface area contributed by atoms with Crippen LogP contribution in [0.2, 0.25) is 0 Å². The first-order valence-electron chi connectivity index (χ1n) is 8.20. The Kier molecular flexibility index (Phi) is 4.96. The Morgan fingerprint density at radius 3 is 2.21 bits per heavy atom. The van der Waals surface area contributed by atoms with E-state index < -0.39 is 9.84 Å². The first-order chi connectivity index (χ1) is 10.9. The van der Waals surface area contributed by atoms with Gasteiger partial charge < -0.3 is 5.32 Å². The summed E-state index contributed by atoms with van der Waals surface area (Å²) in [6.07, 6.45) is 3.36. The maximum atomic E-state index is 12.6. The van der Waals surface area contributed by atoms with E-state index in [-0.39, 0.29) is 34.1 Å². The van der Waals surface area contributed by atoms with E-state index in [4.69, 9.17) is 0 Å². The monoisotopic (exact) mass is 349 g/mol. The van der Waals surface area contributed by atoms with Gasteiger partial charge in [-0.2, -0.15) is 0 Å². The van der Waals surface area contributed by atoms with E-state index in [1.165, 1.54) is 11.8 Å². The zero-order valence-corrected chi connectivity index (χ0v) is 16.1. The molecule has 1 saturated carbocycles. The van der Waals surface area contributed by atoms with Gasteiger partial charge in [0, 0.05) is 6.26 Å². The summed E-state index contributed by atoms with van der Waals surface area (Å²) in [6.45, 7) is 10.3. The molecule has 1 aromatic rings. The van der Waals surface area contributed by atoms with E-state index >= 15 is 0 Å². The molecule has 1 fully saturated rings. The molecular formula is C19H27NO3S. The zero-order valence-electron chi connectivity index (χ0n) is 15.3. The van der Waals surface area contributed by atoms with Gasteiger partial charge in [0.15, 0.2) is 9.84 Å². The van der Waals surface area contributed by atoms with Crippen LogP contribution in [0, 0.1) is 17.3 Å². The fourth-order valence-corrected chi connectivity index (χ4v) is 3.87. The maximum absolute atomic E-state index is 12.6. The molecular weight excluding hydrogens is 322 g/mol. The van der Waals surface area contributed by atoms with Crippen LogP contribution in [0.3, 0.4) is 0 Å². The highest BCUT2D eigenvalue weighted by atomic mass is 32.2. The Balaban J connectivity index is 2.06. The van der Waals surface area contributed by atoms with Gasteiger partial charge in [0.1, 0.15) is 0 Å². The summed E-state index contributed by atoms with van der Waals surface area (Å²) in [5, 5.41) is 3.06. The highest BCUT2D eigenvalue weighted by molar-refractivity contribution is 7.90. The molecule has 0 saturated heterocycles. The normalized spacial score (nSPS) is 23.2. The van der Waals surface area contributed by atoms with Crippen LogP contribution in [0.1, 0.15) is 46.2 Å². The minimum Gasteiger partial charge on any atom is -0.349 e. The van der Waals surface area contributed by atoms with Crippen molar-refractivity contribution in [2.45, 2.75) is 45.6 Å². The van der Waals surface area contributed by atoms with E-state index in [2.05, 4.69) is 39.1 Å². The second-order valence-corrected chi connectivity index (χ2v) is 9.66. The standard InChI is InChI=1S/C19H27NO3S/c1-12(2)11-16-17(19(16,4)5)18(21)20-13(3)14-7-9-15(10-8-14)24(6,22)23/h7-11,13,16-17H,1-6H3,(H,20,21). The minimum absolute atomic E-state index is 0.00913. The van der Waals surface area contributed by atoms with Crippen molar-refractivity contribution in [3.05, 3.63) is 41.5 Å². The van der Waals surface area contributed by atoms with E-state index in [1.54, 1.807) is 24.3 Å². The molecule has 0 aliphatic heterocycles. The number of carbonyl (C=O) groups is 1. The molecule has 1 amide bonds. The third kappa shape index (κ3) is 3.89. The first-order valence-corrected chi connectivity index (χ1v) is 10.1. The van der Waals surface area contributed by atoms with Crippen LogP contribution in [-0.2, 0) is 14.6 Å². The maximum Gasteiger partial charge on any atom is 0.224 e. The summed E-state index contributed by atoms with van der Waals surface area (Å²) in [5.74, 6) is 0.328. The number of sulfone groups is 1. The van der Waals surface area contributed by atoms with Crippen LogP contribution < -0.4 is 5.32 Å². The van der Waals surface area contributed by atoms with Crippen molar-refractivity contribution in [2.24, 2.45) is 17.3 Å². The Hall–Kier alpha value is -1.62. The topological polar surface area (TPSA) is 63.2 Å². The fraction of sp³-hybridized carbons (Fsp3) is 0.526. The third-order valence-electron chi connectivity index (χ3n) is 4.87. The molecule has 132 valence electrons. The molecule has 0 radical (unpaired) electrons. The molecule has 2 rings (SSSR count). The van der Waals surface area contributed by atoms with Gasteiger partial charge in [0.25, 0.3) is 0 Å². The Morgan fingerprint density at radius 1 is 1.21 bits per heavy atom. The number of carbonyl (C=O) groups excluding carboxylic acids is 1. The Morgan fingerprint density at radius 2 is 1.75 bits per heavy atom. The molecule has 5 heteroatoms. The predicted octanol–water partition coefficient (Wildman–Crippen LogP) is 3.51. The van der Waals surface area contributed by atoms with Crippen molar-refractivity contribution in [1.29, 1.82) is 0 Å². The summed E-state index contributed by atoms with van der Waals surface area (Å²) < 4.78 is 23.0. The summed E-state index contributed by atoms with van der Waals surface area (Å²) in [5.41, 5.74) is 2.11. The van der Waals surface area contributed by atoms with Crippen molar-refractivity contribution >= 4 is 15.7 Å². The Labute approximate surface area is 145 Å². The van der Waals surface area contributed by atoms with Crippen molar-refractivity contribution in [1.82, 2.24) is 5.32 Å². The molecule has 3 unspecified atom stereocenters. The van der Waals surface area contributed by atoms with E-state index in [9.17, 15) is 13.2 Å². The zero-order chi connectivity index (χ0) is 18.3. The number of nitrogens with one attached hydrogen (secondary N) is 1. The van der Waals surface area contributed by atoms with Crippen LogP contribution in [0.25, 0.3) is 0 Å². The third-order valence-corrected chi connectivity index (χ3v) is 6.00. The van der Waals surface area contributed by atoms with Gasteiger partial charge in [-0.3, -0.25) is 4.79 Å². The van der Waals surface area contributed by atoms with E-state index in [1.807, 2.05) is 6.92 Å². The molecule has 0 bridgehead atoms. The van der Waals surface area contributed by atoms with Gasteiger partial charge in [0.05, 0.1) is 16.9 Å². The molecule has 3 atom stereocenters. The number of rotatable bonds is 5. The molecule has 0 heterocycles. The lowest BCUT2D eigenvalue weighted by Crippen LogP contribution is -2.29. The van der Waals surface area contributed by atoms with Crippen molar-refractivity contribution in [2.75, 3.05) is 6.26 Å².